The molecule has 1 heterocycles. The van der Waals surface area contributed by atoms with Gasteiger partial charge in [-0.3, -0.25) is 9.59 Å². The van der Waals surface area contributed by atoms with Crippen molar-refractivity contribution in [3.05, 3.63) is 47.0 Å². The number of carbonyl (C=O) groups is 2. The maximum atomic E-state index is 13.2. The van der Waals surface area contributed by atoms with Gasteiger partial charge in [-0.15, -0.1) is 0 Å². The summed E-state index contributed by atoms with van der Waals surface area (Å²) >= 11 is 5.98. The fourth-order valence-electron chi connectivity index (χ4n) is 3.32. The maximum absolute atomic E-state index is 13.2. The first-order valence-electron chi connectivity index (χ1n) is 9.05. The zero-order valence-corrected chi connectivity index (χ0v) is 18.2. The Balaban J connectivity index is 1.93. The summed E-state index contributed by atoms with van der Waals surface area (Å²) in [6.45, 7) is 1.69. The van der Waals surface area contributed by atoms with Crippen LogP contribution < -0.4 is 14.8 Å². The van der Waals surface area contributed by atoms with Gasteiger partial charge in [0.25, 0.3) is 10.0 Å². The van der Waals surface area contributed by atoms with Crippen molar-refractivity contribution in [3.8, 4) is 11.5 Å². The molecule has 1 aliphatic heterocycles. The molecule has 2 aromatic carbocycles. The average molecular weight is 453 g/mol. The number of aryl methyl sites for hydroxylation is 1. The first-order valence-corrected chi connectivity index (χ1v) is 10.9. The van der Waals surface area contributed by atoms with Gasteiger partial charge in [0.2, 0.25) is 11.8 Å². The van der Waals surface area contributed by atoms with Crippen LogP contribution in [-0.2, 0) is 19.6 Å². The highest BCUT2D eigenvalue weighted by molar-refractivity contribution is 7.89. The Labute approximate surface area is 179 Å². The van der Waals surface area contributed by atoms with Crippen LogP contribution in [0.3, 0.4) is 0 Å². The molecule has 0 spiro atoms. The van der Waals surface area contributed by atoms with E-state index < -0.39 is 27.9 Å². The standard InChI is InChI=1S/C20H21ClN2O6S/c1-12-10-14(5-8-17(12)28-2)30(26,27)23-16(6-9-19(23)24)20(25)22-15-11-13(21)4-7-18(15)29-3/h4-5,7-8,10-11,16H,6,9H2,1-3H3,(H,22,25)/t16-/m1/s1. The van der Waals surface area contributed by atoms with Crippen molar-refractivity contribution in [2.75, 3.05) is 19.5 Å². The molecule has 1 atom stereocenters. The summed E-state index contributed by atoms with van der Waals surface area (Å²) in [5, 5.41) is 2.99. The highest BCUT2D eigenvalue weighted by Gasteiger charge is 2.44. The fourth-order valence-corrected chi connectivity index (χ4v) is 5.18. The molecular formula is C20H21ClN2O6S. The van der Waals surface area contributed by atoms with E-state index in [-0.39, 0.29) is 23.4 Å². The molecule has 1 aliphatic rings. The van der Waals surface area contributed by atoms with Gasteiger partial charge in [-0.05, 0) is 55.3 Å². The van der Waals surface area contributed by atoms with Crippen LogP contribution in [-0.4, -0.2) is 44.8 Å². The number of nitrogens with one attached hydrogen (secondary N) is 1. The molecular weight excluding hydrogens is 432 g/mol. The van der Waals surface area contributed by atoms with Gasteiger partial charge >= 0.3 is 0 Å². The smallest absolute Gasteiger partial charge is 0.267 e. The number of ether oxygens (including phenoxy) is 2. The Morgan fingerprint density at radius 2 is 1.80 bits per heavy atom. The highest BCUT2D eigenvalue weighted by Crippen LogP contribution is 2.32. The molecule has 2 aromatic rings. The minimum absolute atomic E-state index is 0.0564. The second kappa shape index (κ2) is 8.53. The normalized spacial score (nSPS) is 16.5. The van der Waals surface area contributed by atoms with Crippen molar-refractivity contribution in [1.29, 1.82) is 0 Å². The number of methoxy groups -OCH3 is 2. The number of amides is 2. The van der Waals surface area contributed by atoms with E-state index in [0.29, 0.717) is 26.4 Å². The number of anilines is 1. The summed E-state index contributed by atoms with van der Waals surface area (Å²) in [6.07, 6.45) is 0.0149. The summed E-state index contributed by atoms with van der Waals surface area (Å²) < 4.78 is 37.4. The van der Waals surface area contributed by atoms with Crippen LogP contribution in [0.2, 0.25) is 5.02 Å². The lowest BCUT2D eigenvalue weighted by molar-refractivity contribution is -0.128. The van der Waals surface area contributed by atoms with Crippen molar-refractivity contribution in [2.45, 2.75) is 30.7 Å². The third-order valence-corrected chi connectivity index (χ3v) is 6.87. The summed E-state index contributed by atoms with van der Waals surface area (Å²) in [5.74, 6) is -0.404. The molecule has 1 N–H and O–H groups in total. The van der Waals surface area contributed by atoms with E-state index in [1.54, 1.807) is 19.1 Å². The topological polar surface area (TPSA) is 102 Å². The van der Waals surface area contributed by atoms with Crippen LogP contribution in [0.5, 0.6) is 11.5 Å². The lowest BCUT2D eigenvalue weighted by Gasteiger charge is -2.24. The number of hydrogen-bond acceptors (Lipinski definition) is 6. The molecule has 1 fully saturated rings. The van der Waals surface area contributed by atoms with Crippen LogP contribution in [0.15, 0.2) is 41.3 Å². The molecule has 10 heteroatoms. The minimum Gasteiger partial charge on any atom is -0.496 e. The molecule has 0 unspecified atom stereocenters. The third-order valence-electron chi connectivity index (χ3n) is 4.81. The molecule has 0 aromatic heterocycles. The van der Waals surface area contributed by atoms with Gasteiger partial charge in [0.05, 0.1) is 24.8 Å². The molecule has 0 bridgehead atoms. The SMILES string of the molecule is COc1ccc(S(=O)(=O)N2C(=O)CC[C@@H]2C(=O)Nc2cc(Cl)ccc2OC)cc1C. The van der Waals surface area contributed by atoms with Crippen molar-refractivity contribution in [2.24, 2.45) is 0 Å². The Hall–Kier alpha value is -2.78. The Morgan fingerprint density at radius 3 is 2.43 bits per heavy atom. The van der Waals surface area contributed by atoms with E-state index in [1.165, 1.54) is 38.5 Å². The predicted molar refractivity (Wildman–Crippen MR) is 111 cm³/mol. The highest BCUT2D eigenvalue weighted by atomic mass is 35.5. The molecule has 0 radical (unpaired) electrons. The van der Waals surface area contributed by atoms with Gasteiger partial charge in [0, 0.05) is 11.4 Å². The zero-order valence-electron chi connectivity index (χ0n) is 16.6. The first kappa shape index (κ1) is 21.9. The van der Waals surface area contributed by atoms with Gasteiger partial charge in [0.15, 0.2) is 0 Å². The van der Waals surface area contributed by atoms with E-state index >= 15 is 0 Å². The molecule has 3 rings (SSSR count). The number of hydrogen-bond donors (Lipinski definition) is 1. The van der Waals surface area contributed by atoms with Crippen molar-refractivity contribution in [3.63, 3.8) is 0 Å². The fraction of sp³-hybridized carbons (Fsp3) is 0.300. The van der Waals surface area contributed by atoms with Crippen LogP contribution in [0, 0.1) is 6.92 Å². The van der Waals surface area contributed by atoms with E-state index in [2.05, 4.69) is 5.32 Å². The third kappa shape index (κ3) is 4.08. The van der Waals surface area contributed by atoms with E-state index in [4.69, 9.17) is 21.1 Å². The largest absolute Gasteiger partial charge is 0.496 e. The molecule has 160 valence electrons. The summed E-state index contributed by atoms with van der Waals surface area (Å²) in [7, 11) is -1.33. The first-order chi connectivity index (χ1) is 14.2. The molecule has 2 amide bonds. The van der Waals surface area contributed by atoms with Gasteiger partial charge in [-0.25, -0.2) is 12.7 Å². The number of rotatable bonds is 6. The second-order valence-corrected chi connectivity index (χ2v) is 8.97. The van der Waals surface area contributed by atoms with Gasteiger partial charge in [-0.1, -0.05) is 11.6 Å². The Bertz CT molecular complexity index is 1100. The number of sulfonamides is 1. The molecule has 1 saturated heterocycles. The average Bonchev–Trinajstić information content (AvgIpc) is 3.10. The predicted octanol–water partition coefficient (Wildman–Crippen LogP) is 2.98. The van der Waals surface area contributed by atoms with E-state index in [1.807, 2.05) is 0 Å². The van der Waals surface area contributed by atoms with Crippen LogP contribution in [0.25, 0.3) is 0 Å². The minimum atomic E-state index is -4.24. The maximum Gasteiger partial charge on any atom is 0.267 e. The van der Waals surface area contributed by atoms with E-state index in [9.17, 15) is 18.0 Å². The van der Waals surface area contributed by atoms with Crippen molar-refractivity contribution in [1.82, 2.24) is 4.31 Å². The van der Waals surface area contributed by atoms with Crippen LogP contribution >= 0.6 is 11.6 Å². The van der Waals surface area contributed by atoms with Gasteiger partial charge in [-0.2, -0.15) is 0 Å². The summed E-state index contributed by atoms with van der Waals surface area (Å²) in [6, 6.07) is 7.74. The second-order valence-electron chi connectivity index (χ2n) is 6.71. The van der Waals surface area contributed by atoms with Crippen LogP contribution in [0.1, 0.15) is 18.4 Å². The molecule has 8 nitrogen and oxygen atoms in total. The zero-order chi connectivity index (χ0) is 22.1. The Kier molecular flexibility index (Phi) is 6.23. The lowest BCUT2D eigenvalue weighted by Crippen LogP contribution is -2.45. The molecule has 0 saturated carbocycles. The van der Waals surface area contributed by atoms with E-state index in [0.717, 1.165) is 0 Å². The van der Waals surface area contributed by atoms with Crippen LogP contribution in [0.4, 0.5) is 5.69 Å². The Morgan fingerprint density at radius 1 is 1.13 bits per heavy atom. The number of benzene rings is 2. The quantitative estimate of drug-likeness (QED) is 0.722. The molecule has 30 heavy (non-hydrogen) atoms. The number of halogens is 1. The molecule has 0 aliphatic carbocycles. The number of nitrogens with zero attached hydrogens (tertiary/aromatic N) is 1. The summed E-state index contributed by atoms with van der Waals surface area (Å²) in [5.41, 5.74) is 0.877. The monoisotopic (exact) mass is 452 g/mol. The van der Waals surface area contributed by atoms with Crippen molar-refractivity contribution >= 4 is 39.1 Å². The summed E-state index contributed by atoms with van der Waals surface area (Å²) in [4.78, 5) is 25.3. The number of carbonyl (C=O) groups excluding carboxylic acids is 2. The van der Waals surface area contributed by atoms with Crippen molar-refractivity contribution < 1.29 is 27.5 Å². The van der Waals surface area contributed by atoms with Gasteiger partial charge < -0.3 is 14.8 Å². The van der Waals surface area contributed by atoms with Gasteiger partial charge in [0.1, 0.15) is 17.5 Å². The lowest BCUT2D eigenvalue weighted by atomic mass is 10.2.